The highest BCUT2D eigenvalue weighted by Gasteiger charge is 2.25. The van der Waals surface area contributed by atoms with Crippen LogP contribution < -0.4 is 5.32 Å². The first-order chi connectivity index (χ1) is 12.9. The van der Waals surface area contributed by atoms with E-state index in [0.29, 0.717) is 13.1 Å². The van der Waals surface area contributed by atoms with E-state index in [1.165, 1.54) is 40.7 Å². The first-order valence-corrected chi connectivity index (χ1v) is 10.5. The van der Waals surface area contributed by atoms with Crippen molar-refractivity contribution < 1.29 is 17.6 Å². The monoisotopic (exact) mass is 390 g/mol. The Morgan fingerprint density at radius 3 is 2.41 bits per heavy atom. The summed E-state index contributed by atoms with van der Waals surface area (Å²) in [5, 5.41) is 2.50. The van der Waals surface area contributed by atoms with E-state index in [9.17, 15) is 17.6 Å². The van der Waals surface area contributed by atoms with Crippen molar-refractivity contribution in [2.75, 3.05) is 18.4 Å². The number of carbonyl (C=O) groups is 1. The molecule has 0 aromatic heterocycles. The minimum absolute atomic E-state index is 0.0615. The summed E-state index contributed by atoms with van der Waals surface area (Å²) in [6.45, 7) is 2.74. The molecule has 1 amide bonds. The van der Waals surface area contributed by atoms with Gasteiger partial charge in [-0.05, 0) is 55.7 Å². The average molecular weight is 390 g/mol. The summed E-state index contributed by atoms with van der Waals surface area (Å²) < 4.78 is 41.2. The maximum absolute atomic E-state index is 14.0. The number of nitrogens with zero attached hydrogens (tertiary/aromatic N) is 1. The van der Waals surface area contributed by atoms with Gasteiger partial charge in [0, 0.05) is 18.7 Å². The van der Waals surface area contributed by atoms with E-state index in [2.05, 4.69) is 5.32 Å². The van der Waals surface area contributed by atoms with E-state index in [0.717, 1.165) is 31.2 Å². The number of sulfonamides is 1. The fraction of sp³-hybridized carbons (Fsp3) is 0.350. The van der Waals surface area contributed by atoms with Crippen molar-refractivity contribution in [2.45, 2.75) is 37.5 Å². The van der Waals surface area contributed by atoms with Crippen LogP contribution in [0.5, 0.6) is 0 Å². The zero-order valence-electron chi connectivity index (χ0n) is 15.2. The molecule has 2 aromatic rings. The number of halogens is 1. The van der Waals surface area contributed by atoms with E-state index in [4.69, 9.17) is 0 Å². The van der Waals surface area contributed by atoms with Crippen molar-refractivity contribution in [3.8, 4) is 0 Å². The molecule has 3 rings (SSSR count). The van der Waals surface area contributed by atoms with Crippen LogP contribution in [0, 0.1) is 12.7 Å². The molecule has 0 atom stereocenters. The average Bonchev–Trinajstić information content (AvgIpc) is 2.94. The summed E-state index contributed by atoms with van der Waals surface area (Å²) in [7, 11) is -3.65. The summed E-state index contributed by atoms with van der Waals surface area (Å²) in [5.74, 6) is -1.08. The van der Waals surface area contributed by atoms with E-state index in [1.54, 1.807) is 13.0 Å². The highest BCUT2D eigenvalue weighted by Crippen LogP contribution is 2.22. The summed E-state index contributed by atoms with van der Waals surface area (Å²) in [6.07, 6.45) is 3.73. The van der Waals surface area contributed by atoms with Gasteiger partial charge < -0.3 is 5.32 Å². The molecule has 5 nitrogen and oxygen atoms in total. The lowest BCUT2D eigenvalue weighted by Gasteiger charge is -2.20. The molecule has 0 spiro atoms. The Hall–Kier alpha value is -2.25. The van der Waals surface area contributed by atoms with Gasteiger partial charge in [0.25, 0.3) is 5.91 Å². The molecule has 0 saturated carbocycles. The van der Waals surface area contributed by atoms with Gasteiger partial charge in [0.2, 0.25) is 10.0 Å². The highest BCUT2D eigenvalue weighted by atomic mass is 32.2. The van der Waals surface area contributed by atoms with Gasteiger partial charge in [-0.25, -0.2) is 12.8 Å². The number of hydrogen-bond acceptors (Lipinski definition) is 3. The largest absolute Gasteiger partial charge is 0.319 e. The first kappa shape index (κ1) is 19.5. The van der Waals surface area contributed by atoms with Crippen LogP contribution in [0.1, 0.15) is 41.6 Å². The number of amides is 1. The summed E-state index contributed by atoms with van der Waals surface area (Å²) in [6, 6.07) is 10.4. The fourth-order valence-corrected chi connectivity index (χ4v) is 4.71. The fourth-order valence-electron chi connectivity index (χ4n) is 3.14. The molecule has 0 aliphatic carbocycles. The quantitative estimate of drug-likeness (QED) is 0.860. The molecule has 1 heterocycles. The summed E-state index contributed by atoms with van der Waals surface area (Å²) in [5.41, 5.74) is 0.980. The summed E-state index contributed by atoms with van der Waals surface area (Å²) >= 11 is 0. The van der Waals surface area contributed by atoms with Crippen LogP contribution in [0.25, 0.3) is 0 Å². The molecular formula is C20H23FN2O3S. The van der Waals surface area contributed by atoms with Gasteiger partial charge in [-0.3, -0.25) is 4.79 Å². The third-order valence-corrected chi connectivity index (χ3v) is 6.57. The molecule has 1 saturated heterocycles. The van der Waals surface area contributed by atoms with Crippen molar-refractivity contribution >= 4 is 21.6 Å². The number of anilines is 1. The maximum atomic E-state index is 14.0. The van der Waals surface area contributed by atoms with Gasteiger partial charge in [0.05, 0.1) is 10.6 Å². The first-order valence-electron chi connectivity index (χ1n) is 9.05. The molecule has 2 aromatic carbocycles. The number of carbonyl (C=O) groups excluding carboxylic acids is 1. The van der Waals surface area contributed by atoms with E-state index < -0.39 is 21.7 Å². The number of benzene rings is 2. The lowest BCUT2D eigenvalue weighted by molar-refractivity contribution is 0.102. The number of aryl methyl sites for hydroxylation is 1. The Morgan fingerprint density at radius 1 is 1.04 bits per heavy atom. The van der Waals surface area contributed by atoms with E-state index in [-0.39, 0.29) is 16.1 Å². The third-order valence-electron chi connectivity index (χ3n) is 4.67. The van der Waals surface area contributed by atoms with Crippen molar-refractivity contribution in [1.82, 2.24) is 4.31 Å². The lowest BCUT2D eigenvalue weighted by Crippen LogP contribution is -2.32. The Balaban J connectivity index is 1.83. The zero-order valence-corrected chi connectivity index (χ0v) is 16.1. The smallest absolute Gasteiger partial charge is 0.255 e. The second kappa shape index (κ2) is 8.19. The number of rotatable bonds is 4. The Labute approximate surface area is 159 Å². The summed E-state index contributed by atoms with van der Waals surface area (Å²) in [4.78, 5) is 12.6. The van der Waals surface area contributed by atoms with Gasteiger partial charge in [0.1, 0.15) is 5.82 Å². The number of hydrogen-bond donors (Lipinski definition) is 1. The maximum Gasteiger partial charge on any atom is 0.255 e. The molecule has 0 radical (unpaired) electrons. The standard InChI is InChI=1S/C20H23FN2O3S/c1-15-9-10-19(18(21)13-15)22-20(24)16-7-6-8-17(14-16)27(25,26)23-11-4-2-3-5-12-23/h6-10,13-14H,2-5,11-12H2,1H3,(H,22,24). The van der Waals surface area contributed by atoms with Crippen LogP contribution in [-0.4, -0.2) is 31.7 Å². The van der Waals surface area contributed by atoms with Crippen LogP contribution in [-0.2, 0) is 10.0 Å². The minimum Gasteiger partial charge on any atom is -0.319 e. The van der Waals surface area contributed by atoms with Gasteiger partial charge in [-0.2, -0.15) is 4.31 Å². The van der Waals surface area contributed by atoms with Gasteiger partial charge >= 0.3 is 0 Å². The Bertz CT molecular complexity index is 936. The Kier molecular flexibility index (Phi) is 5.92. The van der Waals surface area contributed by atoms with Crippen molar-refractivity contribution in [2.24, 2.45) is 0 Å². The van der Waals surface area contributed by atoms with Crippen LogP contribution in [0.2, 0.25) is 0 Å². The topological polar surface area (TPSA) is 66.5 Å². The predicted octanol–water partition coefficient (Wildman–Crippen LogP) is 3.95. The van der Waals surface area contributed by atoms with Gasteiger partial charge in [-0.1, -0.05) is 25.0 Å². The highest BCUT2D eigenvalue weighted by molar-refractivity contribution is 7.89. The third kappa shape index (κ3) is 4.54. The van der Waals surface area contributed by atoms with E-state index >= 15 is 0 Å². The van der Waals surface area contributed by atoms with Crippen molar-refractivity contribution in [3.63, 3.8) is 0 Å². The zero-order chi connectivity index (χ0) is 19.4. The molecule has 1 aliphatic heterocycles. The minimum atomic E-state index is -3.65. The second-order valence-electron chi connectivity index (χ2n) is 6.78. The van der Waals surface area contributed by atoms with Gasteiger partial charge in [-0.15, -0.1) is 0 Å². The normalized spacial score (nSPS) is 15.9. The molecule has 144 valence electrons. The molecular weight excluding hydrogens is 367 g/mol. The van der Waals surface area contributed by atoms with Crippen LogP contribution in [0.15, 0.2) is 47.4 Å². The van der Waals surface area contributed by atoms with Crippen molar-refractivity contribution in [3.05, 3.63) is 59.4 Å². The van der Waals surface area contributed by atoms with E-state index in [1.807, 2.05) is 0 Å². The lowest BCUT2D eigenvalue weighted by atomic mass is 10.2. The predicted molar refractivity (Wildman–Crippen MR) is 103 cm³/mol. The molecule has 1 fully saturated rings. The molecule has 1 N–H and O–H groups in total. The second-order valence-corrected chi connectivity index (χ2v) is 8.72. The van der Waals surface area contributed by atoms with Gasteiger partial charge in [0.15, 0.2) is 0 Å². The van der Waals surface area contributed by atoms with Crippen LogP contribution in [0.4, 0.5) is 10.1 Å². The van der Waals surface area contributed by atoms with Crippen molar-refractivity contribution in [1.29, 1.82) is 0 Å². The Morgan fingerprint density at radius 2 is 1.74 bits per heavy atom. The molecule has 7 heteroatoms. The molecule has 27 heavy (non-hydrogen) atoms. The van der Waals surface area contributed by atoms with Crippen LogP contribution in [0.3, 0.4) is 0 Å². The number of nitrogens with one attached hydrogen (secondary N) is 1. The SMILES string of the molecule is Cc1ccc(NC(=O)c2cccc(S(=O)(=O)N3CCCCCC3)c2)c(F)c1. The molecule has 0 unspecified atom stereocenters. The molecule has 1 aliphatic rings. The van der Waals surface area contributed by atoms with Crippen LogP contribution >= 0.6 is 0 Å². The molecule has 0 bridgehead atoms.